The zero-order valence-electron chi connectivity index (χ0n) is 6.88. The lowest BCUT2D eigenvalue weighted by atomic mass is 9.80. The minimum absolute atomic E-state index is 0.510. The van der Waals surface area contributed by atoms with Gasteiger partial charge in [0.2, 0.25) is 0 Å². The summed E-state index contributed by atoms with van der Waals surface area (Å²) in [5, 5.41) is 16.6. The fourth-order valence-electron chi connectivity index (χ4n) is 0.930. The third-order valence-corrected chi connectivity index (χ3v) is 1.64. The van der Waals surface area contributed by atoms with Gasteiger partial charge in [-0.25, -0.2) is 0 Å². The van der Waals surface area contributed by atoms with Crippen molar-refractivity contribution in [1.82, 2.24) is 0 Å². The maximum atomic E-state index is 8.30. The Morgan fingerprint density at radius 3 is 2.08 bits per heavy atom. The van der Waals surface area contributed by atoms with Crippen LogP contribution in [-0.2, 0) is 9.61 Å². The van der Waals surface area contributed by atoms with Crippen molar-refractivity contribution in [3.05, 3.63) is 36.4 Å². The van der Waals surface area contributed by atoms with Crippen molar-refractivity contribution in [2.24, 2.45) is 0 Å². The first-order chi connectivity index (χ1) is 6.31. The summed E-state index contributed by atoms with van der Waals surface area (Å²) in [7, 11) is -1.17. The van der Waals surface area contributed by atoms with Crippen molar-refractivity contribution in [1.29, 1.82) is 0 Å². The average molecular weight is 180 g/mol. The minimum atomic E-state index is -1.17. The third-order valence-electron chi connectivity index (χ3n) is 1.64. The molecule has 0 heterocycles. The number of benzene rings is 1. The minimum Gasteiger partial charge on any atom is -0.264 e. The predicted octanol–water partition coefficient (Wildman–Crippen LogP) is 1.00. The Bertz CT molecular complexity index is 268. The van der Waals surface area contributed by atoms with E-state index in [1.165, 1.54) is 0 Å². The van der Waals surface area contributed by atoms with Crippen molar-refractivity contribution in [2.75, 3.05) is 0 Å². The van der Waals surface area contributed by atoms with Gasteiger partial charge in [-0.1, -0.05) is 36.9 Å². The van der Waals surface area contributed by atoms with E-state index in [1.807, 2.05) is 0 Å². The highest BCUT2D eigenvalue weighted by atomic mass is 17.2. The Morgan fingerprint density at radius 1 is 1.15 bits per heavy atom. The van der Waals surface area contributed by atoms with Gasteiger partial charge in [0.05, 0.1) is 0 Å². The summed E-state index contributed by atoms with van der Waals surface area (Å²) in [5.74, 6) is 0. The van der Waals surface area contributed by atoms with E-state index in [0.717, 1.165) is 5.56 Å². The first-order valence-corrected chi connectivity index (χ1v) is 3.64. The average Bonchev–Trinajstić information content (AvgIpc) is 2.21. The molecule has 0 saturated carbocycles. The highest BCUT2D eigenvalue weighted by Crippen LogP contribution is 1.99. The lowest BCUT2D eigenvalue weighted by Gasteiger charge is -2.04. The van der Waals surface area contributed by atoms with Crippen LogP contribution >= 0.6 is 0 Å². The molecule has 0 spiro atoms. The Labute approximate surface area is 76.0 Å². The van der Waals surface area contributed by atoms with Crippen LogP contribution in [0.2, 0.25) is 0 Å². The maximum absolute atomic E-state index is 8.30. The Kier molecular flexibility index (Phi) is 3.66. The van der Waals surface area contributed by atoms with Crippen LogP contribution in [0.5, 0.6) is 0 Å². The van der Waals surface area contributed by atoms with Gasteiger partial charge in [0.25, 0.3) is 0 Å². The molecule has 1 aromatic rings. The molecule has 1 rings (SSSR count). The van der Waals surface area contributed by atoms with Crippen LogP contribution < -0.4 is 5.46 Å². The molecule has 5 heteroatoms. The van der Waals surface area contributed by atoms with E-state index in [4.69, 9.17) is 10.5 Å². The molecule has 2 N–H and O–H groups in total. The Hall–Kier alpha value is -1.14. The summed E-state index contributed by atoms with van der Waals surface area (Å²) in [6, 6.07) is 6.81. The molecule has 13 heavy (non-hydrogen) atoms. The molecule has 68 valence electrons. The summed E-state index contributed by atoms with van der Waals surface area (Å²) in [6.07, 6.45) is 1.68. The molecule has 0 radical (unpaired) electrons. The quantitative estimate of drug-likeness (QED) is 0.412. The molecule has 0 fully saturated rings. The summed E-state index contributed by atoms with van der Waals surface area (Å²) < 4.78 is 0. The van der Waals surface area contributed by atoms with Crippen LogP contribution in [0, 0.1) is 0 Å². The maximum Gasteiger partial charge on any atom is 0.554 e. The van der Waals surface area contributed by atoms with Gasteiger partial charge in [-0.15, -0.1) is 0 Å². The van der Waals surface area contributed by atoms with Crippen molar-refractivity contribution in [2.45, 2.75) is 0 Å². The fourth-order valence-corrected chi connectivity index (χ4v) is 0.930. The van der Waals surface area contributed by atoms with Gasteiger partial charge in [0, 0.05) is 0 Å². The van der Waals surface area contributed by atoms with E-state index in [-0.39, 0.29) is 0 Å². The Morgan fingerprint density at radius 2 is 1.69 bits per heavy atom. The van der Waals surface area contributed by atoms with Gasteiger partial charge in [-0.3, -0.25) is 20.1 Å². The van der Waals surface area contributed by atoms with Crippen LogP contribution in [0.1, 0.15) is 5.56 Å². The normalized spacial score (nSPS) is 9.69. The molecule has 0 aliphatic heterocycles. The summed E-state index contributed by atoms with van der Waals surface area (Å²) in [5.41, 5.74) is 1.44. The van der Waals surface area contributed by atoms with E-state index in [2.05, 4.69) is 16.2 Å². The van der Waals surface area contributed by atoms with E-state index in [9.17, 15) is 0 Å². The van der Waals surface area contributed by atoms with Gasteiger partial charge < -0.3 is 0 Å². The van der Waals surface area contributed by atoms with Crippen LogP contribution in [0.3, 0.4) is 0 Å². The number of rotatable bonds is 4. The van der Waals surface area contributed by atoms with Crippen molar-refractivity contribution >= 4 is 18.7 Å². The molecule has 0 aliphatic carbocycles. The van der Waals surface area contributed by atoms with Crippen molar-refractivity contribution < 1.29 is 20.1 Å². The molecule has 0 aromatic heterocycles. The van der Waals surface area contributed by atoms with E-state index < -0.39 is 7.12 Å². The number of hydrogen-bond acceptors (Lipinski definition) is 4. The standard InChI is InChI=1S/C8H9BO4/c1-2-7-3-5-8(6-4-7)9(12-10)13-11/h2-6,10-11H,1H2. The van der Waals surface area contributed by atoms with Crippen LogP contribution in [0.15, 0.2) is 30.8 Å². The molecule has 0 bridgehead atoms. The van der Waals surface area contributed by atoms with Gasteiger partial charge in [0.1, 0.15) is 0 Å². The van der Waals surface area contributed by atoms with E-state index >= 15 is 0 Å². The molecule has 4 nitrogen and oxygen atoms in total. The highest BCUT2D eigenvalue weighted by molar-refractivity contribution is 6.60. The third kappa shape index (κ3) is 2.40. The highest BCUT2D eigenvalue weighted by Gasteiger charge is 2.21. The zero-order chi connectivity index (χ0) is 9.68. The summed E-state index contributed by atoms with van der Waals surface area (Å²) in [6.45, 7) is 3.58. The monoisotopic (exact) mass is 180 g/mol. The lowest BCUT2D eigenvalue weighted by molar-refractivity contribution is -0.221. The van der Waals surface area contributed by atoms with Crippen LogP contribution in [0.4, 0.5) is 0 Å². The Balaban J connectivity index is 2.83. The molecule has 0 unspecified atom stereocenters. The largest absolute Gasteiger partial charge is 0.554 e. The van der Waals surface area contributed by atoms with Crippen LogP contribution in [-0.4, -0.2) is 17.6 Å². The summed E-state index contributed by atoms with van der Waals surface area (Å²) >= 11 is 0. The molecular weight excluding hydrogens is 171 g/mol. The van der Waals surface area contributed by atoms with Crippen molar-refractivity contribution in [3.63, 3.8) is 0 Å². The zero-order valence-corrected chi connectivity index (χ0v) is 6.88. The van der Waals surface area contributed by atoms with Gasteiger partial charge >= 0.3 is 7.12 Å². The lowest BCUT2D eigenvalue weighted by Crippen LogP contribution is -2.34. The van der Waals surface area contributed by atoms with E-state index in [0.29, 0.717) is 5.46 Å². The smallest absolute Gasteiger partial charge is 0.264 e. The molecule has 0 saturated heterocycles. The topological polar surface area (TPSA) is 58.9 Å². The van der Waals surface area contributed by atoms with Crippen molar-refractivity contribution in [3.8, 4) is 0 Å². The predicted molar refractivity (Wildman–Crippen MR) is 49.3 cm³/mol. The first-order valence-electron chi connectivity index (χ1n) is 3.64. The molecule has 1 aromatic carbocycles. The SMILES string of the molecule is C=Cc1ccc(B(OO)OO)cc1. The fraction of sp³-hybridized carbons (Fsp3) is 0. The van der Waals surface area contributed by atoms with Gasteiger partial charge in [0.15, 0.2) is 0 Å². The second kappa shape index (κ2) is 4.79. The molecular formula is C8H9BO4. The molecule has 0 amide bonds. The second-order valence-corrected chi connectivity index (χ2v) is 2.41. The van der Waals surface area contributed by atoms with Crippen LogP contribution in [0.25, 0.3) is 6.08 Å². The van der Waals surface area contributed by atoms with Gasteiger partial charge in [-0.05, 0) is 11.0 Å². The number of hydrogen-bond donors (Lipinski definition) is 2. The second-order valence-electron chi connectivity index (χ2n) is 2.41. The van der Waals surface area contributed by atoms with E-state index in [1.54, 1.807) is 30.3 Å². The molecule has 0 aliphatic rings. The summed E-state index contributed by atoms with van der Waals surface area (Å²) in [4.78, 5) is 7.72. The van der Waals surface area contributed by atoms with Gasteiger partial charge in [-0.2, -0.15) is 0 Å². The first kappa shape index (κ1) is 9.95. The molecule has 0 atom stereocenters.